The van der Waals surface area contributed by atoms with Crippen molar-refractivity contribution in [1.82, 2.24) is 19.7 Å². The van der Waals surface area contributed by atoms with Gasteiger partial charge in [0, 0.05) is 29.8 Å². The zero-order valence-corrected chi connectivity index (χ0v) is 11.1. The summed E-state index contributed by atoms with van der Waals surface area (Å²) in [5.74, 6) is 8.79. The molecule has 2 aromatic heterocycles. The van der Waals surface area contributed by atoms with Crippen molar-refractivity contribution < 1.29 is 0 Å². The highest BCUT2D eigenvalue weighted by molar-refractivity contribution is 7.98. The van der Waals surface area contributed by atoms with Crippen LogP contribution in [0.15, 0.2) is 6.20 Å². The van der Waals surface area contributed by atoms with Gasteiger partial charge in [0.25, 0.3) is 0 Å². The summed E-state index contributed by atoms with van der Waals surface area (Å²) >= 11 is 1.83. The Morgan fingerprint density at radius 3 is 2.89 bits per heavy atom. The topological polar surface area (TPSA) is 81.7 Å². The molecule has 0 aromatic carbocycles. The molecule has 0 radical (unpaired) electrons. The minimum atomic E-state index is 0.690. The Morgan fingerprint density at radius 1 is 1.39 bits per heavy atom. The molecule has 0 spiro atoms. The molecule has 3 rings (SSSR count). The van der Waals surface area contributed by atoms with E-state index >= 15 is 0 Å². The van der Waals surface area contributed by atoms with E-state index in [0.717, 1.165) is 39.8 Å². The third-order valence-electron chi connectivity index (χ3n) is 3.19. The van der Waals surface area contributed by atoms with Gasteiger partial charge in [-0.25, -0.2) is 15.8 Å². The number of hydrogen-bond donors (Lipinski definition) is 2. The Hall–Kier alpha value is -1.60. The fourth-order valence-electron chi connectivity index (χ4n) is 2.01. The van der Waals surface area contributed by atoms with Crippen molar-refractivity contribution in [3.05, 3.63) is 23.1 Å². The van der Waals surface area contributed by atoms with Crippen molar-refractivity contribution in [3.8, 4) is 11.4 Å². The smallest absolute Gasteiger partial charge is 0.165 e. The predicted molar refractivity (Wildman–Crippen MR) is 71.8 cm³/mol. The average molecular weight is 262 g/mol. The van der Waals surface area contributed by atoms with E-state index < -0.39 is 0 Å². The lowest BCUT2D eigenvalue weighted by Gasteiger charge is -2.08. The first-order valence-corrected chi connectivity index (χ1v) is 6.79. The Balaban J connectivity index is 2.16. The second kappa shape index (κ2) is 4.25. The van der Waals surface area contributed by atoms with Crippen LogP contribution < -0.4 is 11.3 Å². The number of aryl methyl sites for hydroxylation is 1. The second-order valence-electron chi connectivity index (χ2n) is 4.23. The van der Waals surface area contributed by atoms with Crippen LogP contribution in [0.1, 0.15) is 17.0 Å². The third kappa shape index (κ3) is 1.67. The molecule has 0 fully saturated rings. The first kappa shape index (κ1) is 11.5. The summed E-state index contributed by atoms with van der Waals surface area (Å²) in [7, 11) is 1.91. The van der Waals surface area contributed by atoms with Gasteiger partial charge in [0.05, 0.1) is 17.5 Å². The second-order valence-corrected chi connectivity index (χ2v) is 5.21. The van der Waals surface area contributed by atoms with Crippen LogP contribution in [0.3, 0.4) is 0 Å². The predicted octanol–water partition coefficient (Wildman–Crippen LogP) is 1.22. The quantitative estimate of drug-likeness (QED) is 0.625. The van der Waals surface area contributed by atoms with Gasteiger partial charge in [-0.3, -0.25) is 4.68 Å². The zero-order valence-electron chi connectivity index (χ0n) is 10.3. The number of thioether (sulfide) groups is 1. The Kier molecular flexibility index (Phi) is 2.71. The molecule has 0 bridgehead atoms. The van der Waals surface area contributed by atoms with Gasteiger partial charge >= 0.3 is 0 Å². The molecule has 18 heavy (non-hydrogen) atoms. The Labute approximate surface area is 109 Å². The van der Waals surface area contributed by atoms with Gasteiger partial charge < -0.3 is 5.43 Å². The summed E-state index contributed by atoms with van der Waals surface area (Å²) < 4.78 is 1.82. The monoisotopic (exact) mass is 262 g/mol. The van der Waals surface area contributed by atoms with E-state index in [1.54, 1.807) is 6.20 Å². The van der Waals surface area contributed by atoms with Crippen molar-refractivity contribution in [2.45, 2.75) is 18.4 Å². The number of aromatic nitrogens is 4. The minimum Gasteiger partial charge on any atom is -0.308 e. The molecule has 3 heterocycles. The summed E-state index contributed by atoms with van der Waals surface area (Å²) in [5.41, 5.74) is 6.86. The Bertz CT molecular complexity index is 606. The van der Waals surface area contributed by atoms with Crippen LogP contribution in [0, 0.1) is 6.92 Å². The molecule has 2 aromatic rings. The molecule has 3 N–H and O–H groups in total. The fourth-order valence-corrected chi connectivity index (χ4v) is 3.05. The normalized spacial score (nSPS) is 13.7. The number of anilines is 1. The summed E-state index contributed by atoms with van der Waals surface area (Å²) in [6.07, 6.45) is 1.79. The highest BCUT2D eigenvalue weighted by atomic mass is 32.2. The first-order chi connectivity index (χ1) is 8.70. The maximum absolute atomic E-state index is 5.54. The van der Waals surface area contributed by atoms with Gasteiger partial charge in [-0.2, -0.15) is 16.9 Å². The SMILES string of the molecule is Cc1c(-c2nc3c(c(NN)n2)CSC3)cnn1C. The fraction of sp³-hybridized carbons (Fsp3) is 0.364. The van der Waals surface area contributed by atoms with Crippen molar-refractivity contribution in [2.75, 3.05) is 5.43 Å². The number of nitrogen functional groups attached to an aromatic ring is 1. The van der Waals surface area contributed by atoms with Crippen LogP contribution in [0.25, 0.3) is 11.4 Å². The van der Waals surface area contributed by atoms with Gasteiger partial charge in [0.1, 0.15) is 5.82 Å². The van der Waals surface area contributed by atoms with E-state index in [1.165, 1.54) is 0 Å². The zero-order chi connectivity index (χ0) is 12.7. The van der Waals surface area contributed by atoms with E-state index in [9.17, 15) is 0 Å². The van der Waals surface area contributed by atoms with E-state index in [0.29, 0.717) is 5.82 Å². The molecule has 6 nitrogen and oxygen atoms in total. The van der Waals surface area contributed by atoms with Crippen molar-refractivity contribution in [2.24, 2.45) is 12.9 Å². The maximum Gasteiger partial charge on any atom is 0.165 e. The first-order valence-electron chi connectivity index (χ1n) is 5.64. The van der Waals surface area contributed by atoms with Crippen LogP contribution in [-0.2, 0) is 18.6 Å². The molecule has 0 amide bonds. The number of rotatable bonds is 2. The molecule has 0 aliphatic carbocycles. The van der Waals surface area contributed by atoms with Gasteiger partial charge in [0.2, 0.25) is 0 Å². The molecular formula is C11H14N6S. The van der Waals surface area contributed by atoms with Gasteiger partial charge in [-0.15, -0.1) is 0 Å². The summed E-state index contributed by atoms with van der Waals surface area (Å²) in [5, 5.41) is 4.22. The lowest BCUT2D eigenvalue weighted by molar-refractivity contribution is 0.740. The van der Waals surface area contributed by atoms with Crippen molar-refractivity contribution >= 4 is 17.6 Å². The molecule has 1 aliphatic heterocycles. The van der Waals surface area contributed by atoms with Crippen LogP contribution in [-0.4, -0.2) is 19.7 Å². The van der Waals surface area contributed by atoms with Gasteiger partial charge in [0.15, 0.2) is 5.82 Å². The molecule has 94 valence electrons. The summed E-state index contributed by atoms with van der Waals surface area (Å²) in [6, 6.07) is 0. The van der Waals surface area contributed by atoms with Crippen LogP contribution in [0.5, 0.6) is 0 Å². The summed E-state index contributed by atoms with van der Waals surface area (Å²) in [6.45, 7) is 2.00. The van der Waals surface area contributed by atoms with E-state index in [4.69, 9.17) is 5.84 Å². The lowest BCUT2D eigenvalue weighted by Crippen LogP contribution is -2.12. The van der Waals surface area contributed by atoms with Crippen LogP contribution >= 0.6 is 11.8 Å². The molecule has 0 atom stereocenters. The van der Waals surface area contributed by atoms with Crippen LogP contribution in [0.2, 0.25) is 0 Å². The largest absolute Gasteiger partial charge is 0.308 e. The van der Waals surface area contributed by atoms with E-state index in [-0.39, 0.29) is 0 Å². The maximum atomic E-state index is 5.54. The number of hydrazine groups is 1. The van der Waals surface area contributed by atoms with E-state index in [1.807, 2.05) is 30.4 Å². The number of hydrogen-bond acceptors (Lipinski definition) is 6. The Morgan fingerprint density at radius 2 is 2.22 bits per heavy atom. The van der Waals surface area contributed by atoms with E-state index in [2.05, 4.69) is 20.5 Å². The number of nitrogens with two attached hydrogens (primary N) is 1. The number of nitrogens with one attached hydrogen (secondary N) is 1. The van der Waals surface area contributed by atoms with Crippen molar-refractivity contribution in [3.63, 3.8) is 0 Å². The molecular weight excluding hydrogens is 248 g/mol. The third-order valence-corrected chi connectivity index (χ3v) is 4.16. The highest BCUT2D eigenvalue weighted by Crippen LogP contribution is 2.34. The van der Waals surface area contributed by atoms with Crippen LogP contribution in [0.4, 0.5) is 5.82 Å². The lowest BCUT2D eigenvalue weighted by atomic mass is 10.2. The molecule has 1 aliphatic rings. The number of nitrogens with zero attached hydrogens (tertiary/aromatic N) is 4. The van der Waals surface area contributed by atoms with Gasteiger partial charge in [-0.1, -0.05) is 0 Å². The number of fused-ring (bicyclic) bond motifs is 1. The molecule has 7 heteroatoms. The summed E-state index contributed by atoms with van der Waals surface area (Å²) in [4.78, 5) is 9.12. The molecule has 0 saturated heterocycles. The highest BCUT2D eigenvalue weighted by Gasteiger charge is 2.21. The average Bonchev–Trinajstić information content (AvgIpc) is 2.96. The van der Waals surface area contributed by atoms with Crippen molar-refractivity contribution in [1.29, 1.82) is 0 Å². The standard InChI is InChI=1S/C11H14N6S/c1-6-7(3-13-17(6)2)10-14-9-5-18-4-8(9)11(15-10)16-12/h3H,4-5,12H2,1-2H3,(H,14,15,16). The molecule has 0 saturated carbocycles. The minimum absolute atomic E-state index is 0.690. The molecule has 0 unspecified atom stereocenters. The van der Waals surface area contributed by atoms with Gasteiger partial charge in [-0.05, 0) is 6.92 Å².